The van der Waals surface area contributed by atoms with E-state index in [9.17, 15) is 0 Å². The first-order valence-corrected chi connectivity index (χ1v) is 15.4. The summed E-state index contributed by atoms with van der Waals surface area (Å²) >= 11 is 0. The van der Waals surface area contributed by atoms with Gasteiger partial charge in [0.25, 0.3) is 0 Å². The van der Waals surface area contributed by atoms with E-state index in [1.54, 1.807) is 0 Å². The van der Waals surface area contributed by atoms with Gasteiger partial charge in [0.05, 0.1) is 0 Å². The molecule has 0 amide bonds. The molecule has 3 nitrogen and oxygen atoms in total. The summed E-state index contributed by atoms with van der Waals surface area (Å²) in [7, 11) is -5.05. The number of hydrogen-bond acceptors (Lipinski definition) is 3. The Morgan fingerprint density at radius 2 is 1.19 bits per heavy atom. The van der Waals surface area contributed by atoms with E-state index in [1.165, 1.54) is 0 Å². The van der Waals surface area contributed by atoms with Crippen molar-refractivity contribution in [3.8, 4) is 0 Å². The fourth-order valence-corrected chi connectivity index (χ4v) is 14.4. The standard InChI is InChI=1S/C10H29NO2Si3/c1-14(2,3)12-16(7,10-8-9-11)13-15(4,5)6/h8-11H2,1-7H3. The van der Waals surface area contributed by atoms with Crippen molar-refractivity contribution >= 4 is 25.2 Å². The van der Waals surface area contributed by atoms with Crippen molar-refractivity contribution in [2.75, 3.05) is 6.54 Å². The van der Waals surface area contributed by atoms with E-state index in [0.29, 0.717) is 0 Å². The lowest BCUT2D eigenvalue weighted by molar-refractivity contribution is 0.382. The highest BCUT2D eigenvalue weighted by Gasteiger charge is 2.39. The molecule has 0 aromatic heterocycles. The lowest BCUT2D eigenvalue weighted by Crippen LogP contribution is -2.52. The summed E-state index contributed by atoms with van der Waals surface area (Å²) in [6, 6.07) is 1.03. The maximum absolute atomic E-state index is 6.34. The van der Waals surface area contributed by atoms with Gasteiger partial charge in [0.15, 0.2) is 16.6 Å². The van der Waals surface area contributed by atoms with Crippen molar-refractivity contribution in [1.29, 1.82) is 0 Å². The molecular weight excluding hydrogens is 250 g/mol. The molecule has 16 heavy (non-hydrogen) atoms. The minimum atomic E-state index is -2.00. The largest absolute Gasteiger partial charge is 0.437 e. The van der Waals surface area contributed by atoms with Crippen LogP contribution in [-0.4, -0.2) is 31.7 Å². The molecule has 6 heteroatoms. The molecule has 0 radical (unpaired) electrons. The molecule has 0 fully saturated rings. The molecule has 0 atom stereocenters. The molecular formula is C10H29NO2Si3. The van der Waals surface area contributed by atoms with Crippen molar-refractivity contribution in [1.82, 2.24) is 0 Å². The van der Waals surface area contributed by atoms with E-state index in [0.717, 1.165) is 19.0 Å². The second-order valence-electron chi connectivity index (χ2n) is 6.45. The van der Waals surface area contributed by atoms with Crippen LogP contribution in [-0.2, 0) is 8.23 Å². The van der Waals surface area contributed by atoms with E-state index < -0.39 is 25.2 Å². The molecule has 0 saturated carbocycles. The molecule has 98 valence electrons. The summed E-state index contributed by atoms with van der Waals surface area (Å²) in [6.07, 6.45) is 1.01. The third kappa shape index (κ3) is 8.66. The van der Waals surface area contributed by atoms with Gasteiger partial charge in [-0.25, -0.2) is 0 Å². The van der Waals surface area contributed by atoms with Crippen LogP contribution >= 0.6 is 0 Å². The SMILES string of the molecule is C[Si](C)(C)O[Si](C)(CCCN)O[Si](C)(C)C. The van der Waals surface area contributed by atoms with Crippen molar-refractivity contribution in [3.05, 3.63) is 0 Å². The minimum Gasteiger partial charge on any atom is -0.437 e. The number of hydrogen-bond donors (Lipinski definition) is 1. The topological polar surface area (TPSA) is 44.5 Å². The van der Waals surface area contributed by atoms with Gasteiger partial charge in [-0.2, -0.15) is 0 Å². The van der Waals surface area contributed by atoms with Gasteiger partial charge in [0.2, 0.25) is 0 Å². The molecule has 0 bridgehead atoms. The van der Waals surface area contributed by atoms with Gasteiger partial charge in [0, 0.05) is 0 Å². The zero-order valence-electron chi connectivity index (χ0n) is 12.0. The van der Waals surface area contributed by atoms with E-state index in [1.807, 2.05) is 0 Å². The summed E-state index contributed by atoms with van der Waals surface area (Å²) in [5.41, 5.74) is 5.60. The summed E-state index contributed by atoms with van der Waals surface area (Å²) in [6.45, 7) is 16.3. The van der Waals surface area contributed by atoms with Gasteiger partial charge in [-0.15, -0.1) is 0 Å². The second-order valence-corrected chi connectivity index (χ2v) is 19.3. The molecule has 0 aliphatic heterocycles. The van der Waals surface area contributed by atoms with Gasteiger partial charge in [-0.3, -0.25) is 0 Å². The zero-order valence-corrected chi connectivity index (χ0v) is 15.0. The van der Waals surface area contributed by atoms with Crippen LogP contribution in [0.3, 0.4) is 0 Å². The monoisotopic (exact) mass is 279 g/mol. The predicted molar refractivity (Wildman–Crippen MR) is 79.0 cm³/mol. The van der Waals surface area contributed by atoms with Crippen LogP contribution in [0.1, 0.15) is 6.42 Å². The van der Waals surface area contributed by atoms with E-state index in [4.69, 9.17) is 14.0 Å². The lowest BCUT2D eigenvalue weighted by atomic mass is 10.5. The third-order valence-corrected chi connectivity index (χ3v) is 11.5. The summed E-state index contributed by atoms with van der Waals surface area (Å²) < 4.78 is 12.7. The molecule has 0 aromatic carbocycles. The van der Waals surface area contributed by atoms with Crippen LogP contribution < -0.4 is 5.73 Å². The Hall–Kier alpha value is 0.531. The molecule has 0 aliphatic rings. The van der Waals surface area contributed by atoms with Crippen molar-refractivity contribution in [2.45, 2.75) is 58.3 Å². The molecule has 0 aliphatic carbocycles. The maximum Gasteiger partial charge on any atom is 0.314 e. The fraction of sp³-hybridized carbons (Fsp3) is 1.00. The fourth-order valence-electron chi connectivity index (χ4n) is 1.84. The highest BCUT2D eigenvalue weighted by atomic mass is 28.5. The van der Waals surface area contributed by atoms with Crippen LogP contribution in [0, 0.1) is 0 Å². The van der Waals surface area contributed by atoms with Crippen LogP contribution in [0.4, 0.5) is 0 Å². The molecule has 0 rings (SSSR count). The molecule has 2 N–H and O–H groups in total. The zero-order chi connectivity index (χ0) is 13.0. The first kappa shape index (κ1) is 16.5. The maximum atomic E-state index is 6.34. The van der Waals surface area contributed by atoms with Crippen LogP contribution in [0.25, 0.3) is 0 Å². The van der Waals surface area contributed by atoms with E-state index >= 15 is 0 Å². The Balaban J connectivity index is 4.61. The predicted octanol–water partition coefficient (Wildman–Crippen LogP) is 3.11. The lowest BCUT2D eigenvalue weighted by Gasteiger charge is -2.38. The first-order chi connectivity index (χ1) is 6.97. The Morgan fingerprint density at radius 3 is 1.44 bits per heavy atom. The van der Waals surface area contributed by atoms with Crippen LogP contribution in [0.5, 0.6) is 0 Å². The molecule has 0 spiro atoms. The van der Waals surface area contributed by atoms with Gasteiger partial charge in [0.1, 0.15) is 0 Å². The van der Waals surface area contributed by atoms with Crippen molar-refractivity contribution < 1.29 is 8.23 Å². The van der Waals surface area contributed by atoms with Crippen molar-refractivity contribution in [3.63, 3.8) is 0 Å². The second kappa shape index (κ2) is 5.92. The highest BCUT2D eigenvalue weighted by molar-refractivity contribution is 6.87. The Morgan fingerprint density at radius 1 is 0.812 bits per heavy atom. The Kier molecular flexibility index (Phi) is 6.12. The van der Waals surface area contributed by atoms with Gasteiger partial charge in [-0.05, 0) is 64.8 Å². The normalized spacial score (nSPS) is 14.2. The molecule has 0 heterocycles. The van der Waals surface area contributed by atoms with Gasteiger partial charge >= 0.3 is 8.56 Å². The average Bonchev–Trinajstić information content (AvgIpc) is 1.93. The van der Waals surface area contributed by atoms with Crippen molar-refractivity contribution in [2.24, 2.45) is 5.73 Å². The van der Waals surface area contributed by atoms with Crippen LogP contribution in [0.15, 0.2) is 0 Å². The van der Waals surface area contributed by atoms with E-state index in [2.05, 4.69) is 45.8 Å². The first-order valence-electron chi connectivity index (χ1n) is 6.08. The van der Waals surface area contributed by atoms with Gasteiger partial charge in [-0.1, -0.05) is 0 Å². The minimum absolute atomic E-state index is 0.729. The molecule has 0 unspecified atom stereocenters. The third-order valence-electron chi connectivity index (χ3n) is 1.88. The summed E-state index contributed by atoms with van der Waals surface area (Å²) in [5.74, 6) is 0. The average molecular weight is 280 g/mol. The van der Waals surface area contributed by atoms with Gasteiger partial charge < -0.3 is 14.0 Å². The summed E-state index contributed by atoms with van der Waals surface area (Å²) in [5, 5.41) is 0. The quantitative estimate of drug-likeness (QED) is 0.728. The summed E-state index contributed by atoms with van der Waals surface area (Å²) in [4.78, 5) is 0. The molecule has 0 aromatic rings. The van der Waals surface area contributed by atoms with E-state index in [-0.39, 0.29) is 0 Å². The number of rotatable bonds is 7. The molecule has 0 saturated heterocycles. The Labute approximate surface area is 104 Å². The van der Waals surface area contributed by atoms with Crippen LogP contribution in [0.2, 0.25) is 51.9 Å². The smallest absolute Gasteiger partial charge is 0.314 e. The highest BCUT2D eigenvalue weighted by Crippen LogP contribution is 2.24. The number of nitrogens with two attached hydrogens (primary N) is 1. The Bertz CT molecular complexity index is 195.